The molecule has 1 heterocycles. The number of ether oxygens (including phenoxy) is 1. The van der Waals surface area contributed by atoms with Gasteiger partial charge in [-0.1, -0.05) is 0 Å². The molecule has 1 N–H and O–H groups in total. The molecular formula is C9H21ClN2O3S. The second-order valence-electron chi connectivity index (χ2n) is 4.04. The summed E-state index contributed by atoms with van der Waals surface area (Å²) >= 11 is 0. The van der Waals surface area contributed by atoms with Gasteiger partial charge in [0.1, 0.15) is 0 Å². The number of nitrogens with one attached hydrogen (secondary N) is 1. The quantitative estimate of drug-likeness (QED) is 0.787. The molecule has 16 heavy (non-hydrogen) atoms. The highest BCUT2D eigenvalue weighted by atomic mass is 35.5. The van der Waals surface area contributed by atoms with Crippen molar-refractivity contribution in [1.82, 2.24) is 9.62 Å². The number of rotatable bonds is 4. The lowest BCUT2D eigenvalue weighted by molar-refractivity contribution is 0.134. The highest BCUT2D eigenvalue weighted by Gasteiger charge is 2.28. The zero-order chi connectivity index (χ0) is 11.5. The van der Waals surface area contributed by atoms with Crippen molar-refractivity contribution in [2.75, 3.05) is 32.5 Å². The maximum Gasteiger partial charge on any atom is 0.216 e. The molecule has 0 saturated carbocycles. The van der Waals surface area contributed by atoms with Crippen LogP contribution in [-0.4, -0.2) is 57.4 Å². The lowest BCUT2D eigenvalue weighted by Gasteiger charge is -2.31. The van der Waals surface area contributed by atoms with Crippen LogP contribution in [0.25, 0.3) is 0 Å². The molecule has 1 saturated heterocycles. The van der Waals surface area contributed by atoms with Crippen molar-refractivity contribution in [1.29, 1.82) is 0 Å². The average Bonchev–Trinajstić information content (AvgIpc) is 2.17. The van der Waals surface area contributed by atoms with Crippen molar-refractivity contribution in [3.63, 3.8) is 0 Å². The minimum Gasteiger partial charge on any atom is -0.381 e. The van der Waals surface area contributed by atoms with E-state index < -0.39 is 10.0 Å². The van der Waals surface area contributed by atoms with Crippen LogP contribution in [0.2, 0.25) is 0 Å². The number of methoxy groups -OCH3 is 1. The summed E-state index contributed by atoms with van der Waals surface area (Å²) < 4.78 is 30.4. The van der Waals surface area contributed by atoms with Gasteiger partial charge in [-0.2, -0.15) is 4.31 Å². The van der Waals surface area contributed by atoms with Gasteiger partial charge >= 0.3 is 0 Å². The second kappa shape index (κ2) is 6.76. The molecule has 1 rings (SSSR count). The number of nitrogens with zero attached hydrogens (tertiary/aromatic N) is 1. The first-order valence-electron chi connectivity index (χ1n) is 5.19. The molecule has 5 nitrogen and oxygen atoms in total. The van der Waals surface area contributed by atoms with Crippen molar-refractivity contribution >= 4 is 22.4 Å². The molecule has 2 atom stereocenters. The van der Waals surface area contributed by atoms with Gasteiger partial charge in [-0.05, 0) is 13.8 Å². The van der Waals surface area contributed by atoms with E-state index in [-0.39, 0.29) is 30.3 Å². The highest BCUT2D eigenvalue weighted by Crippen LogP contribution is 2.08. The fourth-order valence-electron chi connectivity index (χ4n) is 1.62. The van der Waals surface area contributed by atoms with E-state index >= 15 is 0 Å². The summed E-state index contributed by atoms with van der Waals surface area (Å²) in [4.78, 5) is 0. The summed E-state index contributed by atoms with van der Waals surface area (Å²) in [5.41, 5.74) is 0. The molecule has 0 aromatic carbocycles. The van der Waals surface area contributed by atoms with E-state index in [1.54, 1.807) is 11.2 Å². The molecule has 1 fully saturated rings. The van der Waals surface area contributed by atoms with Gasteiger partial charge in [0.2, 0.25) is 10.0 Å². The van der Waals surface area contributed by atoms with Crippen LogP contribution in [0.1, 0.15) is 13.8 Å². The van der Waals surface area contributed by atoms with Gasteiger partial charge < -0.3 is 10.1 Å². The molecule has 0 amide bonds. The summed E-state index contributed by atoms with van der Waals surface area (Å²) in [5, 5.41) is 3.21. The summed E-state index contributed by atoms with van der Waals surface area (Å²) in [6.07, 6.45) is -0.250. The van der Waals surface area contributed by atoms with E-state index in [0.29, 0.717) is 13.1 Å². The van der Waals surface area contributed by atoms with Crippen LogP contribution >= 0.6 is 12.4 Å². The third kappa shape index (κ3) is 4.55. The molecule has 7 heteroatoms. The molecule has 0 radical (unpaired) electrons. The van der Waals surface area contributed by atoms with E-state index in [2.05, 4.69) is 5.32 Å². The van der Waals surface area contributed by atoms with Crippen molar-refractivity contribution < 1.29 is 13.2 Å². The smallest absolute Gasteiger partial charge is 0.216 e. The Balaban J connectivity index is 0.00000225. The van der Waals surface area contributed by atoms with E-state index in [0.717, 1.165) is 6.54 Å². The minimum absolute atomic E-state index is 0. The Morgan fingerprint density at radius 2 is 2.19 bits per heavy atom. The van der Waals surface area contributed by atoms with Crippen LogP contribution in [0.3, 0.4) is 0 Å². The van der Waals surface area contributed by atoms with E-state index in [1.807, 2.05) is 6.92 Å². The van der Waals surface area contributed by atoms with Crippen molar-refractivity contribution in [2.24, 2.45) is 0 Å². The zero-order valence-corrected chi connectivity index (χ0v) is 11.6. The topological polar surface area (TPSA) is 58.6 Å². The Bertz CT molecular complexity index is 297. The molecule has 98 valence electrons. The Morgan fingerprint density at radius 3 is 2.69 bits per heavy atom. The number of piperazine rings is 1. The van der Waals surface area contributed by atoms with Gasteiger partial charge in [0.25, 0.3) is 0 Å². The van der Waals surface area contributed by atoms with Crippen LogP contribution < -0.4 is 5.32 Å². The molecule has 1 unspecified atom stereocenters. The molecule has 0 bridgehead atoms. The minimum atomic E-state index is -3.16. The molecule has 0 aromatic heterocycles. The van der Waals surface area contributed by atoms with Gasteiger partial charge in [0.05, 0.1) is 11.9 Å². The highest BCUT2D eigenvalue weighted by molar-refractivity contribution is 7.89. The Morgan fingerprint density at radius 1 is 1.56 bits per heavy atom. The van der Waals surface area contributed by atoms with Crippen LogP contribution in [-0.2, 0) is 14.8 Å². The lowest BCUT2D eigenvalue weighted by Crippen LogP contribution is -2.52. The van der Waals surface area contributed by atoms with Gasteiger partial charge in [-0.15, -0.1) is 12.4 Å². The Kier molecular flexibility index (Phi) is 6.81. The Labute approximate surface area is 104 Å². The second-order valence-corrected chi connectivity index (χ2v) is 6.05. The maximum atomic E-state index is 11.9. The number of sulfonamides is 1. The van der Waals surface area contributed by atoms with Crippen LogP contribution in [0.4, 0.5) is 0 Å². The first-order chi connectivity index (χ1) is 6.95. The normalized spacial score (nSPS) is 24.8. The van der Waals surface area contributed by atoms with E-state index in [1.165, 1.54) is 7.11 Å². The van der Waals surface area contributed by atoms with Crippen molar-refractivity contribution in [3.05, 3.63) is 0 Å². The fourth-order valence-corrected chi connectivity index (χ4v) is 3.38. The number of halogens is 1. The standard InChI is InChI=1S/C9H20N2O3S.ClH/c1-8-6-11(5-4-10-8)15(12,13)7-9(2)14-3;/h8-10H,4-7H2,1-3H3;1H/t8-,9?;/m1./s1. The molecule has 1 aliphatic heterocycles. The molecule has 1 aliphatic rings. The summed E-state index contributed by atoms with van der Waals surface area (Å²) in [5.74, 6) is 0.0657. The lowest BCUT2D eigenvalue weighted by atomic mass is 10.3. The van der Waals surface area contributed by atoms with Crippen molar-refractivity contribution in [3.8, 4) is 0 Å². The SMILES string of the molecule is COC(C)CS(=O)(=O)N1CCN[C@H](C)C1.Cl. The average molecular weight is 273 g/mol. The molecule has 0 aromatic rings. The van der Waals surface area contributed by atoms with Crippen molar-refractivity contribution in [2.45, 2.75) is 26.0 Å². The predicted molar refractivity (Wildman–Crippen MR) is 66.5 cm³/mol. The number of hydrogen-bond acceptors (Lipinski definition) is 4. The molecule has 0 aliphatic carbocycles. The summed E-state index contributed by atoms with van der Waals surface area (Å²) in [6, 6.07) is 0.228. The monoisotopic (exact) mass is 272 g/mol. The van der Waals surface area contributed by atoms with E-state index in [4.69, 9.17) is 4.74 Å². The van der Waals surface area contributed by atoms with Crippen LogP contribution in [0.15, 0.2) is 0 Å². The van der Waals surface area contributed by atoms with Gasteiger partial charge in [0, 0.05) is 32.8 Å². The summed E-state index contributed by atoms with van der Waals surface area (Å²) in [6.45, 7) is 5.59. The van der Waals surface area contributed by atoms with Gasteiger partial charge in [-0.3, -0.25) is 0 Å². The third-order valence-corrected chi connectivity index (χ3v) is 4.58. The first-order valence-corrected chi connectivity index (χ1v) is 6.80. The molecule has 0 spiro atoms. The predicted octanol–water partition coefficient (Wildman–Crippen LogP) is 0.0666. The van der Waals surface area contributed by atoms with E-state index in [9.17, 15) is 8.42 Å². The first kappa shape index (κ1) is 16.1. The number of hydrogen-bond donors (Lipinski definition) is 1. The van der Waals surface area contributed by atoms with Gasteiger partial charge in [0.15, 0.2) is 0 Å². The fraction of sp³-hybridized carbons (Fsp3) is 1.00. The maximum absolute atomic E-state index is 11.9. The van der Waals surface area contributed by atoms with Crippen LogP contribution in [0, 0.1) is 0 Å². The molecular weight excluding hydrogens is 252 g/mol. The summed E-state index contributed by atoms with van der Waals surface area (Å²) in [7, 11) is -1.63. The van der Waals surface area contributed by atoms with Gasteiger partial charge in [-0.25, -0.2) is 8.42 Å². The third-order valence-electron chi connectivity index (χ3n) is 2.57. The van der Waals surface area contributed by atoms with Crippen LogP contribution in [0.5, 0.6) is 0 Å². The zero-order valence-electron chi connectivity index (χ0n) is 9.97. The Hall–Kier alpha value is 0.120. The largest absolute Gasteiger partial charge is 0.381 e.